The summed E-state index contributed by atoms with van der Waals surface area (Å²) in [5.74, 6) is -0.143. The molecule has 0 unspecified atom stereocenters. The number of benzene rings is 6. The largest absolute Gasteiger partial charge is 0.464 e. The van der Waals surface area contributed by atoms with Crippen LogP contribution in [0.2, 0.25) is 0 Å². The zero-order valence-electron chi connectivity index (χ0n) is 23.3. The van der Waals surface area contributed by atoms with E-state index in [2.05, 4.69) is 76.6 Å². The molecule has 0 aliphatic rings. The number of nitrogens with zero attached hydrogens (tertiary/aromatic N) is 3. The highest BCUT2D eigenvalue weighted by Crippen LogP contribution is 2.36. The van der Waals surface area contributed by atoms with Crippen LogP contribution in [0.4, 0.5) is 17.1 Å². The molecule has 0 radical (unpaired) electrons. The van der Waals surface area contributed by atoms with E-state index in [9.17, 15) is 4.79 Å². The second kappa shape index (κ2) is 12.2. The third-order valence-electron chi connectivity index (χ3n) is 7.70. The summed E-state index contributed by atoms with van der Waals surface area (Å²) in [6.07, 6.45) is 2.02. The van der Waals surface area contributed by atoms with Gasteiger partial charge in [0.1, 0.15) is 6.61 Å². The summed E-state index contributed by atoms with van der Waals surface area (Å²) in [6.45, 7) is 3.92. The van der Waals surface area contributed by atoms with Gasteiger partial charge in [-0.2, -0.15) is 10.2 Å². The Morgan fingerprint density at radius 1 is 0.707 bits per heavy atom. The van der Waals surface area contributed by atoms with E-state index in [0.29, 0.717) is 19.6 Å². The number of carbonyl (C=O) groups excluding carboxylic acids is 1. The maximum absolute atomic E-state index is 12.5. The molecule has 5 nitrogen and oxygen atoms in total. The van der Waals surface area contributed by atoms with Crippen molar-refractivity contribution in [1.29, 1.82) is 0 Å². The van der Waals surface area contributed by atoms with Crippen LogP contribution in [0, 0.1) is 0 Å². The number of rotatable bonds is 11. The first-order valence-corrected chi connectivity index (χ1v) is 14.3. The molecule has 5 heteroatoms. The SMILES string of the molecule is CCN(CCOC(=O)CCCc1ccc2ccc3cccc4ccc1c2c34)c1ccc(N=Nc2ccccc2)cc1. The van der Waals surface area contributed by atoms with Gasteiger partial charge >= 0.3 is 5.97 Å². The van der Waals surface area contributed by atoms with E-state index in [-0.39, 0.29) is 5.97 Å². The molecular weight excluding hydrogens is 506 g/mol. The lowest BCUT2D eigenvalue weighted by Gasteiger charge is -2.23. The summed E-state index contributed by atoms with van der Waals surface area (Å²) < 4.78 is 5.61. The average molecular weight is 540 g/mol. The number of carbonyl (C=O) groups is 1. The zero-order chi connectivity index (χ0) is 28.0. The van der Waals surface area contributed by atoms with Crippen molar-refractivity contribution in [3.63, 3.8) is 0 Å². The van der Waals surface area contributed by atoms with Crippen LogP contribution >= 0.6 is 0 Å². The van der Waals surface area contributed by atoms with Crippen LogP contribution in [0.1, 0.15) is 25.3 Å². The molecule has 6 rings (SSSR count). The van der Waals surface area contributed by atoms with Gasteiger partial charge in [-0.15, -0.1) is 0 Å². The maximum atomic E-state index is 12.5. The minimum Gasteiger partial charge on any atom is -0.464 e. The number of anilines is 1. The van der Waals surface area contributed by atoms with Gasteiger partial charge in [-0.25, -0.2) is 0 Å². The van der Waals surface area contributed by atoms with E-state index in [1.807, 2.05) is 54.6 Å². The highest BCUT2D eigenvalue weighted by molar-refractivity contribution is 6.23. The van der Waals surface area contributed by atoms with Crippen LogP contribution in [-0.2, 0) is 16.0 Å². The second-order valence-electron chi connectivity index (χ2n) is 10.3. The monoisotopic (exact) mass is 539 g/mol. The molecule has 0 spiro atoms. The molecule has 0 aromatic heterocycles. The molecule has 0 aliphatic heterocycles. The maximum Gasteiger partial charge on any atom is 0.305 e. The molecule has 0 saturated carbocycles. The number of likely N-dealkylation sites (N-methyl/N-ethyl adjacent to an activating group) is 1. The fraction of sp³-hybridized carbons (Fsp3) is 0.194. The van der Waals surface area contributed by atoms with E-state index >= 15 is 0 Å². The predicted octanol–water partition coefficient (Wildman–Crippen LogP) is 9.39. The van der Waals surface area contributed by atoms with Crippen LogP contribution in [0.3, 0.4) is 0 Å². The van der Waals surface area contributed by atoms with Crippen molar-refractivity contribution in [2.24, 2.45) is 10.2 Å². The molecule has 6 aromatic rings. The molecule has 0 amide bonds. The van der Waals surface area contributed by atoms with E-state index < -0.39 is 0 Å². The summed E-state index contributed by atoms with van der Waals surface area (Å²) >= 11 is 0. The van der Waals surface area contributed by atoms with Crippen molar-refractivity contribution in [2.45, 2.75) is 26.2 Å². The number of hydrogen-bond acceptors (Lipinski definition) is 5. The number of esters is 1. The van der Waals surface area contributed by atoms with Crippen molar-refractivity contribution in [2.75, 3.05) is 24.6 Å². The summed E-state index contributed by atoms with van der Waals surface area (Å²) in [6, 6.07) is 37.4. The van der Waals surface area contributed by atoms with Crippen molar-refractivity contribution in [3.05, 3.63) is 115 Å². The van der Waals surface area contributed by atoms with Crippen LogP contribution in [0.15, 0.2) is 119 Å². The van der Waals surface area contributed by atoms with Crippen LogP contribution in [-0.4, -0.2) is 25.7 Å². The number of aryl methyl sites for hydroxylation is 1. The molecule has 204 valence electrons. The lowest BCUT2D eigenvalue weighted by atomic mass is 9.90. The molecule has 6 aromatic carbocycles. The molecule has 41 heavy (non-hydrogen) atoms. The normalized spacial score (nSPS) is 11.6. The zero-order valence-corrected chi connectivity index (χ0v) is 23.3. The number of ether oxygens (including phenoxy) is 1. The Bertz CT molecular complexity index is 1780. The number of hydrogen-bond donors (Lipinski definition) is 0. The van der Waals surface area contributed by atoms with Crippen molar-refractivity contribution in [1.82, 2.24) is 0 Å². The Labute approximate surface area is 240 Å². The van der Waals surface area contributed by atoms with E-state index in [1.165, 1.54) is 37.9 Å². The Hall–Kier alpha value is -4.77. The van der Waals surface area contributed by atoms with E-state index in [4.69, 9.17) is 4.74 Å². The Kier molecular flexibility index (Phi) is 7.85. The standard InChI is InChI=1S/C36H33N3O2/c1-2-39(32-21-19-31(20-22-32)38-37-30-11-4-3-5-12-30)24-25-41-34(40)13-7-8-26-14-15-29-17-16-27-9-6-10-28-18-23-33(26)36(29)35(27)28/h3-6,9-12,14-23H,2,7-8,13,24-25H2,1H3. The Morgan fingerprint density at radius 2 is 1.37 bits per heavy atom. The third-order valence-corrected chi connectivity index (χ3v) is 7.70. The van der Waals surface area contributed by atoms with Gasteiger partial charge in [-0.1, -0.05) is 72.8 Å². The molecule has 0 heterocycles. The van der Waals surface area contributed by atoms with Gasteiger partial charge in [0.25, 0.3) is 0 Å². The van der Waals surface area contributed by atoms with Crippen molar-refractivity contribution in [3.8, 4) is 0 Å². The quantitative estimate of drug-likeness (QED) is 0.0936. The molecule has 0 N–H and O–H groups in total. The first kappa shape index (κ1) is 26.5. The van der Waals surface area contributed by atoms with Gasteiger partial charge in [0.15, 0.2) is 0 Å². The lowest BCUT2D eigenvalue weighted by molar-refractivity contribution is -0.143. The predicted molar refractivity (Wildman–Crippen MR) is 169 cm³/mol. The van der Waals surface area contributed by atoms with Gasteiger partial charge in [-0.3, -0.25) is 4.79 Å². The third kappa shape index (κ3) is 5.90. The highest BCUT2D eigenvalue weighted by atomic mass is 16.5. The fourth-order valence-electron chi connectivity index (χ4n) is 5.59. The van der Waals surface area contributed by atoms with Crippen LogP contribution in [0.5, 0.6) is 0 Å². The average Bonchev–Trinajstić information content (AvgIpc) is 3.02. The Balaban J connectivity index is 1.00. The van der Waals surface area contributed by atoms with Crippen molar-refractivity contribution >= 4 is 55.3 Å². The molecule has 0 bridgehead atoms. The molecule has 0 atom stereocenters. The van der Waals surface area contributed by atoms with E-state index in [0.717, 1.165) is 36.4 Å². The summed E-state index contributed by atoms with van der Waals surface area (Å²) in [5.41, 5.74) is 3.97. The minimum absolute atomic E-state index is 0.143. The smallest absolute Gasteiger partial charge is 0.305 e. The molecule has 0 aliphatic carbocycles. The first-order valence-electron chi connectivity index (χ1n) is 14.3. The summed E-state index contributed by atoms with van der Waals surface area (Å²) in [5, 5.41) is 16.3. The molecular formula is C36H33N3O2. The second-order valence-corrected chi connectivity index (χ2v) is 10.3. The molecule has 0 saturated heterocycles. The number of azo groups is 1. The first-order chi connectivity index (χ1) is 20.2. The van der Waals surface area contributed by atoms with Crippen LogP contribution < -0.4 is 4.90 Å². The summed E-state index contributed by atoms with van der Waals surface area (Å²) in [7, 11) is 0. The van der Waals surface area contributed by atoms with Gasteiger partial charge in [0.2, 0.25) is 0 Å². The topological polar surface area (TPSA) is 54.3 Å². The minimum atomic E-state index is -0.143. The van der Waals surface area contributed by atoms with Gasteiger partial charge in [0.05, 0.1) is 17.9 Å². The van der Waals surface area contributed by atoms with Gasteiger partial charge < -0.3 is 9.64 Å². The highest BCUT2D eigenvalue weighted by Gasteiger charge is 2.12. The molecule has 0 fully saturated rings. The fourth-order valence-corrected chi connectivity index (χ4v) is 5.59. The van der Waals surface area contributed by atoms with Crippen LogP contribution in [0.25, 0.3) is 32.3 Å². The van der Waals surface area contributed by atoms with Gasteiger partial charge in [0, 0.05) is 18.7 Å². The summed E-state index contributed by atoms with van der Waals surface area (Å²) in [4.78, 5) is 14.7. The Morgan fingerprint density at radius 3 is 2.10 bits per heavy atom. The van der Waals surface area contributed by atoms with Gasteiger partial charge in [-0.05, 0) is 94.0 Å². The van der Waals surface area contributed by atoms with Crippen molar-refractivity contribution < 1.29 is 9.53 Å². The lowest BCUT2D eigenvalue weighted by Crippen LogP contribution is -2.27. The van der Waals surface area contributed by atoms with E-state index in [1.54, 1.807) is 0 Å².